The summed E-state index contributed by atoms with van der Waals surface area (Å²) >= 11 is 0. The molecule has 1 aromatic rings. The van der Waals surface area contributed by atoms with Crippen molar-refractivity contribution in [2.75, 3.05) is 13.6 Å². The fraction of sp³-hybridized carbons (Fsp3) is 0.462. The number of hydrogen-bond acceptors (Lipinski definition) is 6. The molecule has 0 atom stereocenters. The molecule has 0 unspecified atom stereocenters. The van der Waals surface area contributed by atoms with Crippen molar-refractivity contribution >= 4 is 21.7 Å². The third kappa shape index (κ3) is 4.78. The number of carbonyl (C=O) groups excluding carboxylic acids is 1. The van der Waals surface area contributed by atoms with Gasteiger partial charge in [0.15, 0.2) is 0 Å². The average Bonchev–Trinajstić information content (AvgIpc) is 2.36. The number of nitrogens with zero attached hydrogens (tertiary/aromatic N) is 2. The van der Waals surface area contributed by atoms with Crippen LogP contribution in [0.5, 0.6) is 0 Å². The summed E-state index contributed by atoms with van der Waals surface area (Å²) in [5, 5.41) is 10.7. The first kappa shape index (κ1) is 18.1. The molecule has 0 aliphatic rings. The number of sulfonamides is 1. The van der Waals surface area contributed by atoms with Gasteiger partial charge in [0.2, 0.25) is 10.0 Å². The SMILES string of the molecule is CN(CC(=O)OC(C)(C)C)S(=O)(=O)c1cccc([N+](=O)[O-])c1. The third-order valence-electron chi connectivity index (χ3n) is 2.51. The van der Waals surface area contributed by atoms with E-state index in [9.17, 15) is 23.3 Å². The van der Waals surface area contributed by atoms with Gasteiger partial charge in [0.1, 0.15) is 12.1 Å². The minimum atomic E-state index is -4.02. The summed E-state index contributed by atoms with van der Waals surface area (Å²) in [7, 11) is -2.81. The van der Waals surface area contributed by atoms with E-state index in [-0.39, 0.29) is 10.6 Å². The van der Waals surface area contributed by atoms with E-state index in [0.29, 0.717) is 0 Å². The molecule has 0 amide bonds. The Morgan fingerprint density at radius 3 is 2.45 bits per heavy atom. The second-order valence-electron chi connectivity index (χ2n) is 5.60. The van der Waals surface area contributed by atoms with E-state index in [1.54, 1.807) is 20.8 Å². The van der Waals surface area contributed by atoms with E-state index in [4.69, 9.17) is 4.74 Å². The molecular formula is C13H18N2O6S. The van der Waals surface area contributed by atoms with Gasteiger partial charge in [-0.1, -0.05) is 6.07 Å². The van der Waals surface area contributed by atoms with Crippen molar-refractivity contribution in [2.24, 2.45) is 0 Å². The van der Waals surface area contributed by atoms with Crippen LogP contribution in [0.3, 0.4) is 0 Å². The molecule has 0 aromatic heterocycles. The number of ether oxygens (including phenoxy) is 1. The van der Waals surface area contributed by atoms with Gasteiger partial charge in [-0.05, 0) is 26.8 Å². The van der Waals surface area contributed by atoms with Gasteiger partial charge in [0, 0.05) is 19.2 Å². The van der Waals surface area contributed by atoms with E-state index >= 15 is 0 Å². The zero-order valence-electron chi connectivity index (χ0n) is 12.8. The number of rotatable bonds is 5. The molecule has 0 fully saturated rings. The largest absolute Gasteiger partial charge is 0.459 e. The van der Waals surface area contributed by atoms with Crippen LogP contribution < -0.4 is 0 Å². The Balaban J connectivity index is 2.96. The highest BCUT2D eigenvalue weighted by Crippen LogP contribution is 2.20. The number of nitro groups is 1. The van der Waals surface area contributed by atoms with Gasteiger partial charge in [-0.25, -0.2) is 8.42 Å². The summed E-state index contributed by atoms with van der Waals surface area (Å²) in [5.41, 5.74) is -1.07. The number of carbonyl (C=O) groups is 1. The fourth-order valence-corrected chi connectivity index (χ4v) is 2.73. The third-order valence-corrected chi connectivity index (χ3v) is 4.31. The maximum Gasteiger partial charge on any atom is 0.321 e. The quantitative estimate of drug-likeness (QED) is 0.460. The molecule has 0 aliphatic heterocycles. The Bertz CT molecular complexity index is 678. The molecule has 0 saturated heterocycles. The van der Waals surface area contributed by atoms with Crippen molar-refractivity contribution < 1.29 is 22.9 Å². The van der Waals surface area contributed by atoms with Crippen molar-refractivity contribution in [3.63, 3.8) is 0 Å². The Morgan fingerprint density at radius 2 is 1.95 bits per heavy atom. The van der Waals surface area contributed by atoms with Gasteiger partial charge >= 0.3 is 5.97 Å². The normalized spacial score (nSPS) is 12.2. The Morgan fingerprint density at radius 1 is 1.36 bits per heavy atom. The van der Waals surface area contributed by atoms with E-state index in [1.165, 1.54) is 25.2 Å². The number of likely N-dealkylation sites (N-methyl/N-ethyl adjacent to an activating group) is 1. The van der Waals surface area contributed by atoms with Gasteiger partial charge < -0.3 is 4.74 Å². The Hall–Kier alpha value is -2.00. The lowest BCUT2D eigenvalue weighted by Gasteiger charge is -2.22. The van der Waals surface area contributed by atoms with Gasteiger partial charge in [-0.15, -0.1) is 0 Å². The van der Waals surface area contributed by atoms with Crippen molar-refractivity contribution in [1.82, 2.24) is 4.31 Å². The highest BCUT2D eigenvalue weighted by Gasteiger charge is 2.26. The van der Waals surface area contributed by atoms with Crippen LogP contribution in [0.1, 0.15) is 20.8 Å². The number of nitro benzene ring substituents is 1. The van der Waals surface area contributed by atoms with Crippen LogP contribution in [0.25, 0.3) is 0 Å². The average molecular weight is 330 g/mol. The molecule has 0 bridgehead atoms. The second kappa shape index (κ2) is 6.41. The molecule has 0 aliphatic carbocycles. The van der Waals surface area contributed by atoms with Gasteiger partial charge in [-0.2, -0.15) is 4.31 Å². The van der Waals surface area contributed by atoms with E-state index in [0.717, 1.165) is 10.4 Å². The van der Waals surface area contributed by atoms with Crippen LogP contribution >= 0.6 is 0 Å². The van der Waals surface area contributed by atoms with Crippen LogP contribution in [0.4, 0.5) is 5.69 Å². The van der Waals surface area contributed by atoms with Gasteiger partial charge in [0.25, 0.3) is 5.69 Å². The lowest BCUT2D eigenvalue weighted by molar-refractivity contribution is -0.385. The number of hydrogen-bond donors (Lipinski definition) is 0. The lowest BCUT2D eigenvalue weighted by atomic mass is 10.2. The predicted molar refractivity (Wildman–Crippen MR) is 78.8 cm³/mol. The maximum absolute atomic E-state index is 12.3. The number of esters is 1. The van der Waals surface area contributed by atoms with Crippen molar-refractivity contribution in [3.8, 4) is 0 Å². The topological polar surface area (TPSA) is 107 Å². The zero-order chi connectivity index (χ0) is 17.1. The van der Waals surface area contributed by atoms with Gasteiger partial charge in [0.05, 0.1) is 9.82 Å². The smallest absolute Gasteiger partial charge is 0.321 e. The van der Waals surface area contributed by atoms with E-state index < -0.39 is 33.1 Å². The summed E-state index contributed by atoms with van der Waals surface area (Å²) in [6.45, 7) is 4.52. The van der Waals surface area contributed by atoms with Crippen LogP contribution in [-0.2, 0) is 19.6 Å². The highest BCUT2D eigenvalue weighted by atomic mass is 32.2. The van der Waals surface area contributed by atoms with Crippen LogP contribution in [0, 0.1) is 10.1 Å². The second-order valence-corrected chi connectivity index (χ2v) is 7.65. The molecule has 0 N–H and O–H groups in total. The first-order valence-corrected chi connectivity index (χ1v) is 7.80. The monoisotopic (exact) mass is 330 g/mol. The summed E-state index contributed by atoms with van der Waals surface area (Å²) < 4.78 is 30.4. The number of benzene rings is 1. The van der Waals surface area contributed by atoms with Crippen molar-refractivity contribution in [3.05, 3.63) is 34.4 Å². The molecule has 9 heteroatoms. The molecule has 0 spiro atoms. The number of non-ortho nitro benzene ring substituents is 1. The summed E-state index contributed by atoms with van der Waals surface area (Å²) in [4.78, 5) is 21.4. The van der Waals surface area contributed by atoms with Crippen LogP contribution in [0.15, 0.2) is 29.2 Å². The molecule has 8 nitrogen and oxygen atoms in total. The maximum atomic E-state index is 12.3. The molecule has 1 rings (SSSR count). The lowest BCUT2D eigenvalue weighted by Crippen LogP contribution is -2.36. The zero-order valence-corrected chi connectivity index (χ0v) is 13.6. The standard InChI is InChI=1S/C13H18N2O6S/c1-13(2,3)21-12(16)9-14(4)22(19,20)11-7-5-6-10(8-11)15(17)18/h5-8H,9H2,1-4H3. The van der Waals surface area contributed by atoms with E-state index in [2.05, 4.69) is 0 Å². The molecule has 0 saturated carbocycles. The first-order valence-electron chi connectivity index (χ1n) is 6.36. The Labute approximate surface area is 128 Å². The summed E-state index contributed by atoms with van der Waals surface area (Å²) in [6.07, 6.45) is 0. The fourth-order valence-electron chi connectivity index (χ4n) is 1.58. The van der Waals surface area contributed by atoms with E-state index in [1.807, 2.05) is 0 Å². The van der Waals surface area contributed by atoms with Crippen LogP contribution in [0.2, 0.25) is 0 Å². The summed E-state index contributed by atoms with van der Waals surface area (Å²) in [5.74, 6) is -0.705. The first-order chi connectivity index (χ1) is 9.93. The molecular weight excluding hydrogens is 312 g/mol. The Kier molecular flexibility index (Phi) is 5.26. The van der Waals surface area contributed by atoms with Crippen molar-refractivity contribution in [2.45, 2.75) is 31.3 Å². The molecule has 122 valence electrons. The minimum Gasteiger partial charge on any atom is -0.459 e. The highest BCUT2D eigenvalue weighted by molar-refractivity contribution is 7.89. The molecule has 0 radical (unpaired) electrons. The molecule has 0 heterocycles. The molecule has 22 heavy (non-hydrogen) atoms. The predicted octanol–water partition coefficient (Wildman–Crippen LogP) is 1.56. The minimum absolute atomic E-state index is 0.257. The van der Waals surface area contributed by atoms with Crippen molar-refractivity contribution in [1.29, 1.82) is 0 Å². The molecule has 1 aromatic carbocycles. The summed E-state index contributed by atoms with van der Waals surface area (Å²) in [6, 6.07) is 4.63. The van der Waals surface area contributed by atoms with Gasteiger partial charge in [-0.3, -0.25) is 14.9 Å². The van der Waals surface area contributed by atoms with Crippen LogP contribution in [-0.4, -0.2) is 42.8 Å².